The van der Waals surface area contributed by atoms with Crippen molar-refractivity contribution in [3.63, 3.8) is 0 Å². The summed E-state index contributed by atoms with van der Waals surface area (Å²) in [5.41, 5.74) is 0.438. The fraction of sp³-hybridized carbons (Fsp3) is 0.333. The summed E-state index contributed by atoms with van der Waals surface area (Å²) >= 11 is 0. The molecule has 6 heteroatoms. The van der Waals surface area contributed by atoms with Crippen molar-refractivity contribution < 1.29 is 29.6 Å². The van der Waals surface area contributed by atoms with E-state index in [1.54, 1.807) is 6.92 Å². The van der Waals surface area contributed by atoms with Crippen molar-refractivity contribution in [1.82, 2.24) is 0 Å². The maximum atomic E-state index is 11.7. The van der Waals surface area contributed by atoms with Crippen LogP contribution in [0.3, 0.4) is 0 Å². The van der Waals surface area contributed by atoms with Gasteiger partial charge in [-0.05, 0) is 32.4 Å². The zero-order chi connectivity index (χ0) is 15.9. The summed E-state index contributed by atoms with van der Waals surface area (Å²) in [5.74, 6) is -1.91. The minimum Gasteiger partial charge on any atom is -0.508 e. The Kier molecular flexibility index (Phi) is 3.63. The molecule has 1 heterocycles. The zero-order valence-electron chi connectivity index (χ0n) is 11.9. The van der Waals surface area contributed by atoms with E-state index in [0.29, 0.717) is 5.56 Å². The van der Waals surface area contributed by atoms with Gasteiger partial charge < -0.3 is 20.1 Å². The van der Waals surface area contributed by atoms with E-state index in [0.717, 1.165) is 0 Å². The number of benzene rings is 1. The number of phenolic OH excluding ortho intramolecular Hbond substituents is 2. The van der Waals surface area contributed by atoms with Crippen LogP contribution in [0, 0.1) is 6.92 Å². The minimum atomic E-state index is -0.756. The standard InChI is InChI=1S/C15H16O6/c1-6-4-9(7(2)16)14(19)10(12(6)17)5-11-13(18)8(3)21-15(11)20/h4,8,17-19H,5H2,1-3H3. The number of Topliss-reactive ketones (excluding diaryl/α,β-unsaturated/α-hetero) is 1. The number of aliphatic hydroxyl groups excluding tert-OH is 1. The van der Waals surface area contributed by atoms with E-state index in [1.807, 2.05) is 0 Å². The predicted octanol–water partition coefficient (Wildman–Crippen LogP) is 1.91. The molecule has 0 bridgehead atoms. The van der Waals surface area contributed by atoms with Crippen LogP contribution in [0.2, 0.25) is 0 Å². The van der Waals surface area contributed by atoms with Crippen molar-refractivity contribution >= 4 is 11.8 Å². The number of phenols is 2. The SMILES string of the molecule is CC(=O)c1cc(C)c(O)c(CC2=C(O)C(C)OC2=O)c1O. The number of aromatic hydroxyl groups is 2. The molecule has 3 N–H and O–H groups in total. The molecule has 0 fully saturated rings. The van der Waals surface area contributed by atoms with E-state index in [-0.39, 0.29) is 40.4 Å². The lowest BCUT2D eigenvalue weighted by Gasteiger charge is -2.12. The summed E-state index contributed by atoms with van der Waals surface area (Å²) in [7, 11) is 0. The van der Waals surface area contributed by atoms with Crippen LogP contribution < -0.4 is 0 Å². The number of carbonyl (C=O) groups excluding carboxylic acids is 2. The van der Waals surface area contributed by atoms with Gasteiger partial charge in [0.2, 0.25) is 0 Å². The largest absolute Gasteiger partial charge is 0.508 e. The molecule has 112 valence electrons. The normalized spacial score (nSPS) is 18.0. The third kappa shape index (κ3) is 2.44. The number of ketones is 1. The smallest absolute Gasteiger partial charge is 0.338 e. The summed E-state index contributed by atoms with van der Waals surface area (Å²) in [5, 5.41) is 30.0. The van der Waals surface area contributed by atoms with E-state index < -0.39 is 17.8 Å². The molecule has 0 aliphatic carbocycles. The van der Waals surface area contributed by atoms with E-state index >= 15 is 0 Å². The molecule has 0 aromatic heterocycles. The topological polar surface area (TPSA) is 104 Å². The number of aliphatic hydroxyl groups is 1. The van der Waals surface area contributed by atoms with E-state index in [9.17, 15) is 24.9 Å². The first-order valence-electron chi connectivity index (χ1n) is 6.42. The van der Waals surface area contributed by atoms with Crippen LogP contribution in [-0.2, 0) is 16.0 Å². The molecular formula is C15H16O6. The lowest BCUT2D eigenvalue weighted by atomic mass is 9.95. The number of cyclic esters (lactones) is 1. The minimum absolute atomic E-state index is 0.0211. The van der Waals surface area contributed by atoms with E-state index in [1.165, 1.54) is 19.9 Å². The first-order chi connectivity index (χ1) is 9.73. The summed E-state index contributed by atoms with van der Waals surface area (Å²) in [6.07, 6.45) is -0.969. The Morgan fingerprint density at radius 1 is 1.29 bits per heavy atom. The fourth-order valence-electron chi connectivity index (χ4n) is 2.28. The molecular weight excluding hydrogens is 276 g/mol. The Hall–Kier alpha value is -2.50. The number of hydrogen-bond donors (Lipinski definition) is 3. The predicted molar refractivity (Wildman–Crippen MR) is 73.4 cm³/mol. The number of rotatable bonds is 3. The van der Waals surface area contributed by atoms with Gasteiger partial charge in [0.25, 0.3) is 0 Å². The average molecular weight is 292 g/mol. The third-order valence-electron chi connectivity index (χ3n) is 3.52. The lowest BCUT2D eigenvalue weighted by Crippen LogP contribution is -2.06. The van der Waals surface area contributed by atoms with Crippen LogP contribution in [0.25, 0.3) is 0 Å². The summed E-state index contributed by atoms with van der Waals surface area (Å²) < 4.78 is 4.85. The number of carbonyl (C=O) groups is 2. The van der Waals surface area contributed by atoms with Crippen molar-refractivity contribution in [2.24, 2.45) is 0 Å². The van der Waals surface area contributed by atoms with Crippen LogP contribution in [0.1, 0.15) is 35.3 Å². The molecule has 1 atom stereocenters. The maximum Gasteiger partial charge on any atom is 0.338 e. The van der Waals surface area contributed by atoms with Crippen LogP contribution >= 0.6 is 0 Å². The van der Waals surface area contributed by atoms with Crippen molar-refractivity contribution in [3.8, 4) is 11.5 Å². The van der Waals surface area contributed by atoms with E-state index in [2.05, 4.69) is 0 Å². The first kappa shape index (κ1) is 14.9. The van der Waals surface area contributed by atoms with Gasteiger partial charge >= 0.3 is 5.97 Å². The lowest BCUT2D eigenvalue weighted by molar-refractivity contribution is -0.139. The Bertz CT molecular complexity index is 671. The summed E-state index contributed by atoms with van der Waals surface area (Å²) in [6, 6.07) is 1.38. The van der Waals surface area contributed by atoms with Crippen molar-refractivity contribution in [3.05, 3.63) is 34.1 Å². The van der Waals surface area contributed by atoms with Crippen LogP contribution in [0.5, 0.6) is 11.5 Å². The molecule has 6 nitrogen and oxygen atoms in total. The summed E-state index contributed by atoms with van der Waals surface area (Å²) in [6.45, 7) is 4.38. The molecule has 2 rings (SSSR count). The third-order valence-corrected chi connectivity index (χ3v) is 3.52. The van der Waals surface area contributed by atoms with Crippen molar-refractivity contribution in [2.75, 3.05) is 0 Å². The van der Waals surface area contributed by atoms with Crippen LogP contribution in [0.15, 0.2) is 17.4 Å². The first-order valence-corrected chi connectivity index (χ1v) is 6.42. The zero-order valence-corrected chi connectivity index (χ0v) is 11.9. The highest BCUT2D eigenvalue weighted by atomic mass is 16.6. The van der Waals surface area contributed by atoms with Gasteiger partial charge in [0.15, 0.2) is 11.9 Å². The van der Waals surface area contributed by atoms with Gasteiger partial charge in [-0.2, -0.15) is 0 Å². The second-order valence-electron chi connectivity index (χ2n) is 5.06. The van der Waals surface area contributed by atoms with Crippen molar-refractivity contribution in [1.29, 1.82) is 0 Å². The molecule has 1 aromatic rings. The fourth-order valence-corrected chi connectivity index (χ4v) is 2.28. The quantitative estimate of drug-likeness (QED) is 0.580. The number of aryl methyl sites for hydroxylation is 1. The molecule has 0 radical (unpaired) electrons. The molecule has 1 aliphatic rings. The van der Waals surface area contributed by atoms with Gasteiger partial charge in [-0.1, -0.05) is 0 Å². The summed E-state index contributed by atoms with van der Waals surface area (Å²) in [4.78, 5) is 23.2. The molecule has 1 aromatic carbocycles. The molecule has 21 heavy (non-hydrogen) atoms. The Balaban J connectivity index is 2.55. The molecule has 0 amide bonds. The molecule has 1 aliphatic heterocycles. The molecule has 0 saturated heterocycles. The Labute approximate surface area is 121 Å². The number of esters is 1. The Morgan fingerprint density at radius 3 is 2.38 bits per heavy atom. The molecule has 0 saturated carbocycles. The maximum absolute atomic E-state index is 11.7. The Morgan fingerprint density at radius 2 is 1.90 bits per heavy atom. The number of hydrogen-bond acceptors (Lipinski definition) is 6. The van der Waals surface area contributed by atoms with Crippen molar-refractivity contribution in [2.45, 2.75) is 33.3 Å². The van der Waals surface area contributed by atoms with Crippen LogP contribution in [-0.4, -0.2) is 33.2 Å². The van der Waals surface area contributed by atoms with E-state index in [4.69, 9.17) is 4.74 Å². The molecule has 1 unspecified atom stereocenters. The van der Waals surface area contributed by atoms with Gasteiger partial charge in [-0.3, -0.25) is 4.79 Å². The number of ether oxygens (including phenoxy) is 1. The van der Waals surface area contributed by atoms with Gasteiger partial charge in [-0.15, -0.1) is 0 Å². The second kappa shape index (κ2) is 5.12. The second-order valence-corrected chi connectivity index (χ2v) is 5.06. The van der Waals surface area contributed by atoms with Gasteiger partial charge in [0, 0.05) is 12.0 Å². The monoisotopic (exact) mass is 292 g/mol. The van der Waals surface area contributed by atoms with Gasteiger partial charge in [-0.25, -0.2) is 4.79 Å². The molecule has 0 spiro atoms. The van der Waals surface area contributed by atoms with Gasteiger partial charge in [0.05, 0.1) is 11.1 Å². The van der Waals surface area contributed by atoms with Gasteiger partial charge in [0.1, 0.15) is 17.3 Å². The highest BCUT2D eigenvalue weighted by Gasteiger charge is 2.32. The van der Waals surface area contributed by atoms with Crippen LogP contribution in [0.4, 0.5) is 0 Å². The highest BCUT2D eigenvalue weighted by Crippen LogP contribution is 2.37. The average Bonchev–Trinajstić information content (AvgIpc) is 2.64. The highest BCUT2D eigenvalue weighted by molar-refractivity contribution is 5.98.